The fourth-order valence-corrected chi connectivity index (χ4v) is 2.67. The standard InChI is InChI=1S/C16H17BrN2O/c1-9-4-5-12(13(17)6-9)16(20)19-15-8-14(18)10(2)7-11(15)3/h4-8H,18H2,1-3H3,(H,19,20). The van der Waals surface area contributed by atoms with Crippen LogP contribution in [-0.4, -0.2) is 5.91 Å². The predicted octanol–water partition coefficient (Wildman–Crippen LogP) is 4.21. The molecule has 0 radical (unpaired) electrons. The summed E-state index contributed by atoms with van der Waals surface area (Å²) >= 11 is 3.42. The number of carbonyl (C=O) groups excluding carboxylic acids is 1. The van der Waals surface area contributed by atoms with Crippen molar-refractivity contribution < 1.29 is 4.79 Å². The minimum atomic E-state index is -0.150. The van der Waals surface area contributed by atoms with Gasteiger partial charge in [-0.2, -0.15) is 0 Å². The molecule has 0 heterocycles. The van der Waals surface area contributed by atoms with E-state index in [1.165, 1.54) is 0 Å². The summed E-state index contributed by atoms with van der Waals surface area (Å²) in [7, 11) is 0. The van der Waals surface area contributed by atoms with E-state index in [4.69, 9.17) is 5.73 Å². The van der Waals surface area contributed by atoms with Crippen molar-refractivity contribution in [2.45, 2.75) is 20.8 Å². The van der Waals surface area contributed by atoms with Crippen LogP contribution in [0.1, 0.15) is 27.0 Å². The molecule has 0 spiro atoms. The van der Waals surface area contributed by atoms with Gasteiger partial charge in [0, 0.05) is 15.8 Å². The molecule has 0 atom stereocenters. The zero-order valence-corrected chi connectivity index (χ0v) is 13.3. The first-order valence-electron chi connectivity index (χ1n) is 6.32. The van der Waals surface area contributed by atoms with E-state index in [-0.39, 0.29) is 5.91 Å². The second kappa shape index (κ2) is 5.67. The Bertz CT molecular complexity index is 680. The maximum absolute atomic E-state index is 12.3. The van der Waals surface area contributed by atoms with Gasteiger partial charge >= 0.3 is 0 Å². The number of rotatable bonds is 2. The summed E-state index contributed by atoms with van der Waals surface area (Å²) in [4.78, 5) is 12.3. The molecule has 2 aromatic rings. The summed E-state index contributed by atoms with van der Waals surface area (Å²) in [6, 6.07) is 9.41. The average molecular weight is 333 g/mol. The number of nitrogens with two attached hydrogens (primary N) is 1. The highest BCUT2D eigenvalue weighted by Gasteiger charge is 2.12. The second-order valence-electron chi connectivity index (χ2n) is 4.96. The van der Waals surface area contributed by atoms with E-state index in [1.807, 2.05) is 45.0 Å². The number of benzene rings is 2. The molecule has 20 heavy (non-hydrogen) atoms. The lowest BCUT2D eigenvalue weighted by atomic mass is 10.1. The van der Waals surface area contributed by atoms with Crippen molar-refractivity contribution in [2.24, 2.45) is 0 Å². The van der Waals surface area contributed by atoms with Crippen LogP contribution in [0.4, 0.5) is 11.4 Å². The molecule has 0 fully saturated rings. The number of carbonyl (C=O) groups is 1. The van der Waals surface area contributed by atoms with Crippen LogP contribution >= 0.6 is 15.9 Å². The van der Waals surface area contributed by atoms with Crippen LogP contribution in [0.25, 0.3) is 0 Å². The van der Waals surface area contributed by atoms with Gasteiger partial charge in [-0.3, -0.25) is 4.79 Å². The van der Waals surface area contributed by atoms with Crippen LogP contribution < -0.4 is 11.1 Å². The summed E-state index contributed by atoms with van der Waals surface area (Å²) in [5, 5.41) is 2.91. The number of amides is 1. The SMILES string of the molecule is Cc1ccc(C(=O)Nc2cc(N)c(C)cc2C)c(Br)c1. The van der Waals surface area contributed by atoms with Gasteiger partial charge in [0.1, 0.15) is 0 Å². The lowest BCUT2D eigenvalue weighted by Gasteiger charge is -2.12. The Morgan fingerprint density at radius 2 is 1.80 bits per heavy atom. The third-order valence-corrected chi connectivity index (χ3v) is 3.89. The number of hydrogen-bond donors (Lipinski definition) is 2. The van der Waals surface area contributed by atoms with Gasteiger partial charge in [0.15, 0.2) is 0 Å². The van der Waals surface area contributed by atoms with Gasteiger partial charge in [0.2, 0.25) is 0 Å². The number of nitrogens with one attached hydrogen (secondary N) is 1. The number of hydrogen-bond acceptors (Lipinski definition) is 2. The first kappa shape index (κ1) is 14.6. The molecule has 0 unspecified atom stereocenters. The molecule has 4 heteroatoms. The summed E-state index contributed by atoms with van der Waals surface area (Å²) < 4.78 is 0.785. The molecule has 0 aliphatic carbocycles. The van der Waals surface area contributed by atoms with Crippen LogP contribution in [0.5, 0.6) is 0 Å². The summed E-state index contributed by atoms with van der Waals surface area (Å²) in [6.07, 6.45) is 0. The van der Waals surface area contributed by atoms with E-state index < -0.39 is 0 Å². The normalized spacial score (nSPS) is 10.4. The lowest BCUT2D eigenvalue weighted by Crippen LogP contribution is -2.14. The average Bonchev–Trinajstić information content (AvgIpc) is 2.35. The Labute approximate surface area is 127 Å². The first-order valence-corrected chi connectivity index (χ1v) is 7.12. The molecule has 0 saturated carbocycles. The van der Waals surface area contributed by atoms with Crippen molar-refractivity contribution in [2.75, 3.05) is 11.1 Å². The van der Waals surface area contributed by atoms with Gasteiger partial charge in [0.25, 0.3) is 5.91 Å². The van der Waals surface area contributed by atoms with Crippen molar-refractivity contribution in [1.82, 2.24) is 0 Å². The largest absolute Gasteiger partial charge is 0.398 e. The van der Waals surface area contributed by atoms with E-state index in [0.29, 0.717) is 11.3 Å². The van der Waals surface area contributed by atoms with E-state index in [0.717, 1.165) is 26.9 Å². The number of aryl methyl sites for hydroxylation is 3. The molecule has 0 bridgehead atoms. The summed E-state index contributed by atoms with van der Waals surface area (Å²) in [5.74, 6) is -0.150. The minimum absolute atomic E-state index is 0.150. The number of anilines is 2. The van der Waals surface area contributed by atoms with Crippen molar-refractivity contribution in [3.8, 4) is 0 Å². The molecule has 2 aromatic carbocycles. The highest BCUT2D eigenvalue weighted by molar-refractivity contribution is 9.10. The molecular weight excluding hydrogens is 316 g/mol. The molecule has 104 valence electrons. The van der Waals surface area contributed by atoms with Crippen molar-refractivity contribution in [3.05, 3.63) is 57.1 Å². The fourth-order valence-electron chi connectivity index (χ4n) is 2.00. The Kier molecular flexibility index (Phi) is 4.14. The fraction of sp³-hybridized carbons (Fsp3) is 0.188. The monoisotopic (exact) mass is 332 g/mol. The van der Waals surface area contributed by atoms with Gasteiger partial charge in [-0.1, -0.05) is 12.1 Å². The quantitative estimate of drug-likeness (QED) is 0.809. The number of nitrogen functional groups attached to an aromatic ring is 1. The van der Waals surface area contributed by atoms with Gasteiger partial charge in [0.05, 0.1) is 5.56 Å². The smallest absolute Gasteiger partial charge is 0.256 e. The van der Waals surface area contributed by atoms with Crippen LogP contribution in [0.2, 0.25) is 0 Å². The van der Waals surface area contributed by atoms with Crippen LogP contribution in [0, 0.1) is 20.8 Å². The van der Waals surface area contributed by atoms with Crippen molar-refractivity contribution in [1.29, 1.82) is 0 Å². The van der Waals surface area contributed by atoms with Crippen LogP contribution in [0.15, 0.2) is 34.8 Å². The van der Waals surface area contributed by atoms with Gasteiger partial charge in [-0.25, -0.2) is 0 Å². The molecule has 3 nitrogen and oxygen atoms in total. The third kappa shape index (κ3) is 3.02. The Morgan fingerprint density at radius 3 is 2.45 bits per heavy atom. The van der Waals surface area contributed by atoms with Crippen molar-refractivity contribution in [3.63, 3.8) is 0 Å². The molecule has 2 rings (SSSR count). The zero-order valence-electron chi connectivity index (χ0n) is 11.8. The van der Waals surface area contributed by atoms with Gasteiger partial charge in [-0.15, -0.1) is 0 Å². The Hall–Kier alpha value is -1.81. The lowest BCUT2D eigenvalue weighted by molar-refractivity contribution is 0.102. The molecule has 0 aromatic heterocycles. The predicted molar refractivity (Wildman–Crippen MR) is 87.2 cm³/mol. The molecule has 1 amide bonds. The molecule has 3 N–H and O–H groups in total. The maximum Gasteiger partial charge on any atom is 0.256 e. The van der Waals surface area contributed by atoms with E-state index in [9.17, 15) is 4.79 Å². The summed E-state index contributed by atoms with van der Waals surface area (Å²) in [5.41, 5.74) is 11.0. The minimum Gasteiger partial charge on any atom is -0.398 e. The summed E-state index contributed by atoms with van der Waals surface area (Å²) in [6.45, 7) is 5.88. The van der Waals surface area contributed by atoms with E-state index in [1.54, 1.807) is 6.07 Å². The van der Waals surface area contributed by atoms with E-state index >= 15 is 0 Å². The second-order valence-corrected chi connectivity index (χ2v) is 5.82. The topological polar surface area (TPSA) is 55.1 Å². The Balaban J connectivity index is 2.30. The van der Waals surface area contributed by atoms with E-state index in [2.05, 4.69) is 21.2 Å². The first-order chi connectivity index (χ1) is 9.38. The third-order valence-electron chi connectivity index (χ3n) is 3.23. The molecular formula is C16H17BrN2O. The highest BCUT2D eigenvalue weighted by atomic mass is 79.9. The highest BCUT2D eigenvalue weighted by Crippen LogP contribution is 2.24. The van der Waals surface area contributed by atoms with Crippen LogP contribution in [-0.2, 0) is 0 Å². The van der Waals surface area contributed by atoms with Gasteiger partial charge in [-0.05, 0) is 71.6 Å². The maximum atomic E-state index is 12.3. The molecule has 0 aliphatic rings. The van der Waals surface area contributed by atoms with Crippen LogP contribution in [0.3, 0.4) is 0 Å². The number of halogens is 1. The Morgan fingerprint density at radius 1 is 1.10 bits per heavy atom. The van der Waals surface area contributed by atoms with Crippen molar-refractivity contribution >= 4 is 33.2 Å². The molecule has 0 saturated heterocycles. The van der Waals surface area contributed by atoms with Gasteiger partial charge < -0.3 is 11.1 Å². The molecule has 0 aliphatic heterocycles. The zero-order chi connectivity index (χ0) is 14.9.